The van der Waals surface area contributed by atoms with Crippen LogP contribution in [0.3, 0.4) is 0 Å². The fourth-order valence-electron chi connectivity index (χ4n) is 4.13. The minimum absolute atomic E-state index is 0.0186. The average molecular weight is 526 g/mol. The van der Waals surface area contributed by atoms with Gasteiger partial charge in [0.2, 0.25) is 5.91 Å². The molecule has 9 nitrogen and oxygen atoms in total. The third kappa shape index (κ3) is 6.98. The standard InChI is InChI=1S/C27H31N3O6S/c1-17-22(16-37-27-28-13-14-30(27)2)35-26(36-25(17)19-5-3-18(15-31)4-6-19)20-7-9-21(10-8-20)29-23(32)11-12-24(33)34/h3-10,13-14,17,22,25-26,31H,11-12,15-16H2,1-2H3,(H,29,32)(H,33,34). The quantitative estimate of drug-likeness (QED) is 0.335. The average Bonchev–Trinajstić information content (AvgIpc) is 3.32. The van der Waals surface area contributed by atoms with Crippen molar-refractivity contribution in [3.63, 3.8) is 0 Å². The Morgan fingerprint density at radius 3 is 2.38 bits per heavy atom. The summed E-state index contributed by atoms with van der Waals surface area (Å²) >= 11 is 1.63. The van der Waals surface area contributed by atoms with Crippen LogP contribution in [-0.2, 0) is 32.7 Å². The number of aliphatic carboxylic acids is 1. The number of aliphatic hydroxyl groups is 1. The zero-order valence-electron chi connectivity index (χ0n) is 20.7. The van der Waals surface area contributed by atoms with E-state index in [0.29, 0.717) is 11.4 Å². The van der Waals surface area contributed by atoms with Gasteiger partial charge in [-0.3, -0.25) is 9.59 Å². The van der Waals surface area contributed by atoms with E-state index in [0.717, 1.165) is 21.8 Å². The highest BCUT2D eigenvalue weighted by atomic mass is 32.2. The van der Waals surface area contributed by atoms with Crippen molar-refractivity contribution in [1.29, 1.82) is 0 Å². The molecule has 2 heterocycles. The predicted molar refractivity (Wildman–Crippen MR) is 139 cm³/mol. The minimum Gasteiger partial charge on any atom is -0.481 e. The van der Waals surface area contributed by atoms with Gasteiger partial charge in [-0.2, -0.15) is 0 Å². The molecule has 0 aliphatic carbocycles. The minimum atomic E-state index is -1.01. The molecular weight excluding hydrogens is 494 g/mol. The number of aryl methyl sites for hydroxylation is 1. The van der Waals surface area contributed by atoms with Crippen molar-refractivity contribution >= 4 is 29.3 Å². The number of thioether (sulfide) groups is 1. The monoisotopic (exact) mass is 525 g/mol. The molecule has 0 spiro atoms. The molecule has 1 aliphatic rings. The van der Waals surface area contributed by atoms with Crippen LogP contribution in [0.15, 0.2) is 66.1 Å². The van der Waals surface area contributed by atoms with Crippen molar-refractivity contribution in [2.75, 3.05) is 11.1 Å². The molecule has 1 aromatic heterocycles. The Kier molecular flexibility index (Phi) is 8.99. The number of carbonyl (C=O) groups is 2. The van der Waals surface area contributed by atoms with Gasteiger partial charge in [-0.05, 0) is 23.3 Å². The Labute approximate surface area is 219 Å². The van der Waals surface area contributed by atoms with E-state index >= 15 is 0 Å². The van der Waals surface area contributed by atoms with Crippen LogP contribution in [0.2, 0.25) is 0 Å². The molecule has 3 N–H and O–H groups in total. The van der Waals surface area contributed by atoms with Crippen LogP contribution >= 0.6 is 11.8 Å². The van der Waals surface area contributed by atoms with Gasteiger partial charge < -0.3 is 29.6 Å². The number of nitrogens with zero attached hydrogens (tertiary/aromatic N) is 2. The van der Waals surface area contributed by atoms with Gasteiger partial charge in [0.15, 0.2) is 11.4 Å². The van der Waals surface area contributed by atoms with Crippen LogP contribution in [-0.4, -0.2) is 43.5 Å². The van der Waals surface area contributed by atoms with Gasteiger partial charge in [-0.25, -0.2) is 4.98 Å². The highest BCUT2D eigenvalue weighted by Crippen LogP contribution is 2.43. The van der Waals surface area contributed by atoms with Gasteiger partial charge in [0.25, 0.3) is 0 Å². The second-order valence-electron chi connectivity index (χ2n) is 9.02. The molecular formula is C27H31N3O6S. The van der Waals surface area contributed by atoms with E-state index in [2.05, 4.69) is 17.2 Å². The summed E-state index contributed by atoms with van der Waals surface area (Å²) in [7, 11) is 1.96. The van der Waals surface area contributed by atoms with E-state index in [1.807, 2.05) is 54.2 Å². The number of carboxylic acids is 1. The SMILES string of the molecule is CC1C(CSc2nccn2C)OC(c2ccc(NC(=O)CCC(=O)O)cc2)OC1c1ccc(CO)cc1. The number of carbonyl (C=O) groups excluding carboxylic acids is 1. The van der Waals surface area contributed by atoms with Gasteiger partial charge in [0, 0.05) is 48.8 Å². The zero-order chi connectivity index (χ0) is 26.4. The number of benzene rings is 2. The molecule has 2 aromatic carbocycles. The molecule has 4 rings (SSSR count). The molecule has 1 amide bonds. The summed E-state index contributed by atoms with van der Waals surface area (Å²) in [6.45, 7) is 2.09. The Morgan fingerprint density at radius 2 is 1.76 bits per heavy atom. The van der Waals surface area contributed by atoms with Gasteiger partial charge >= 0.3 is 5.97 Å². The number of rotatable bonds is 10. The first-order valence-corrected chi connectivity index (χ1v) is 13.0. The normalized spacial score (nSPS) is 21.5. The Morgan fingerprint density at radius 1 is 1.05 bits per heavy atom. The number of hydrogen-bond acceptors (Lipinski definition) is 7. The summed E-state index contributed by atoms with van der Waals surface area (Å²) in [6, 6.07) is 14.9. The van der Waals surface area contributed by atoms with Crippen LogP contribution < -0.4 is 5.32 Å². The summed E-state index contributed by atoms with van der Waals surface area (Å²) in [5.41, 5.74) is 3.22. The number of ether oxygens (including phenoxy) is 2. The first-order chi connectivity index (χ1) is 17.8. The molecule has 0 bridgehead atoms. The van der Waals surface area contributed by atoms with E-state index in [4.69, 9.17) is 14.6 Å². The fourth-order valence-corrected chi connectivity index (χ4v) is 5.22. The fraction of sp³-hybridized carbons (Fsp3) is 0.370. The topological polar surface area (TPSA) is 123 Å². The highest BCUT2D eigenvalue weighted by Gasteiger charge is 2.38. The van der Waals surface area contributed by atoms with Crippen molar-refractivity contribution in [1.82, 2.24) is 9.55 Å². The Hall–Kier alpha value is -3.18. The maximum absolute atomic E-state index is 12.0. The van der Waals surface area contributed by atoms with E-state index in [9.17, 15) is 14.7 Å². The predicted octanol–water partition coefficient (Wildman–Crippen LogP) is 4.30. The van der Waals surface area contributed by atoms with Gasteiger partial charge in [-0.1, -0.05) is 55.1 Å². The molecule has 37 heavy (non-hydrogen) atoms. The van der Waals surface area contributed by atoms with Gasteiger partial charge in [0.1, 0.15) is 0 Å². The van der Waals surface area contributed by atoms with Gasteiger partial charge in [0.05, 0.1) is 25.2 Å². The van der Waals surface area contributed by atoms with Crippen LogP contribution in [0, 0.1) is 5.92 Å². The van der Waals surface area contributed by atoms with Crippen LogP contribution in [0.25, 0.3) is 0 Å². The third-order valence-corrected chi connectivity index (χ3v) is 7.46. The van der Waals surface area contributed by atoms with Crippen molar-refractivity contribution in [3.05, 3.63) is 77.6 Å². The van der Waals surface area contributed by atoms with E-state index in [1.54, 1.807) is 30.1 Å². The Bertz CT molecular complexity index is 1200. The Balaban J connectivity index is 1.51. The number of nitrogens with one attached hydrogen (secondary N) is 1. The summed E-state index contributed by atoms with van der Waals surface area (Å²) in [6.07, 6.45) is 2.40. The number of hydrogen-bond donors (Lipinski definition) is 3. The maximum Gasteiger partial charge on any atom is 0.303 e. The summed E-state index contributed by atoms with van der Waals surface area (Å²) in [5.74, 6) is -0.624. The van der Waals surface area contributed by atoms with Crippen LogP contribution in [0.5, 0.6) is 0 Å². The molecule has 0 radical (unpaired) electrons. The molecule has 1 fully saturated rings. The number of aromatic nitrogens is 2. The lowest BCUT2D eigenvalue weighted by molar-refractivity contribution is -0.268. The molecule has 0 saturated carbocycles. The number of amides is 1. The second kappa shape index (κ2) is 12.4. The summed E-state index contributed by atoms with van der Waals surface area (Å²) in [5, 5.41) is 21.8. The second-order valence-corrected chi connectivity index (χ2v) is 10.0. The lowest BCUT2D eigenvalue weighted by Crippen LogP contribution is -2.38. The molecule has 1 aliphatic heterocycles. The molecule has 4 atom stereocenters. The summed E-state index contributed by atoms with van der Waals surface area (Å²) < 4.78 is 14.9. The number of anilines is 1. The molecule has 4 unspecified atom stereocenters. The van der Waals surface area contributed by atoms with Crippen LogP contribution in [0.1, 0.15) is 48.8 Å². The molecule has 1 saturated heterocycles. The van der Waals surface area contributed by atoms with Crippen molar-refractivity contribution in [3.8, 4) is 0 Å². The van der Waals surface area contributed by atoms with Crippen molar-refractivity contribution < 1.29 is 29.3 Å². The summed E-state index contributed by atoms with van der Waals surface area (Å²) in [4.78, 5) is 27.1. The van der Waals surface area contributed by atoms with E-state index in [1.165, 1.54) is 0 Å². The third-order valence-electron chi connectivity index (χ3n) is 6.31. The first kappa shape index (κ1) is 26.9. The molecule has 10 heteroatoms. The highest BCUT2D eigenvalue weighted by molar-refractivity contribution is 7.99. The van der Waals surface area contributed by atoms with Gasteiger partial charge in [-0.15, -0.1) is 0 Å². The molecule has 3 aromatic rings. The van der Waals surface area contributed by atoms with E-state index < -0.39 is 12.3 Å². The van der Waals surface area contributed by atoms with Crippen molar-refractivity contribution in [2.24, 2.45) is 13.0 Å². The number of carboxylic acid groups (broad SMARTS) is 1. The lowest BCUT2D eigenvalue weighted by atomic mass is 9.91. The number of imidazole rings is 1. The number of aliphatic hydroxyl groups excluding tert-OH is 1. The van der Waals surface area contributed by atoms with E-state index in [-0.39, 0.29) is 43.5 Å². The molecule has 196 valence electrons. The first-order valence-electron chi connectivity index (χ1n) is 12.1. The maximum atomic E-state index is 12.0. The van der Waals surface area contributed by atoms with Crippen molar-refractivity contribution in [2.45, 2.75) is 50.0 Å². The largest absolute Gasteiger partial charge is 0.481 e. The smallest absolute Gasteiger partial charge is 0.303 e. The van der Waals surface area contributed by atoms with Crippen LogP contribution in [0.4, 0.5) is 5.69 Å². The lowest BCUT2D eigenvalue weighted by Gasteiger charge is -2.41. The zero-order valence-corrected chi connectivity index (χ0v) is 21.6.